The van der Waals surface area contributed by atoms with Crippen molar-refractivity contribution >= 4 is 23.6 Å². The first-order valence-corrected chi connectivity index (χ1v) is 8.39. The lowest BCUT2D eigenvalue weighted by atomic mass is 9.93. The second kappa shape index (κ2) is 6.93. The highest BCUT2D eigenvalue weighted by Gasteiger charge is 2.28. The summed E-state index contributed by atoms with van der Waals surface area (Å²) in [6, 6.07) is 13.5. The molecule has 1 aliphatic rings. The maximum atomic E-state index is 12.6. The van der Waals surface area contributed by atoms with Crippen molar-refractivity contribution in [1.82, 2.24) is 4.90 Å². The van der Waals surface area contributed by atoms with E-state index in [1.807, 2.05) is 62.4 Å². The lowest BCUT2D eigenvalue weighted by molar-refractivity contribution is -0.129. The molecule has 0 aromatic heterocycles. The van der Waals surface area contributed by atoms with E-state index < -0.39 is 0 Å². The van der Waals surface area contributed by atoms with Gasteiger partial charge in [0.25, 0.3) is 0 Å². The average Bonchev–Trinajstić information content (AvgIpc) is 2.57. The molecule has 1 unspecified atom stereocenters. The average molecular weight is 334 g/mol. The summed E-state index contributed by atoms with van der Waals surface area (Å²) in [5.41, 5.74) is 5.04. The molecule has 4 nitrogen and oxygen atoms in total. The van der Waals surface area contributed by atoms with Crippen molar-refractivity contribution in [3.05, 3.63) is 70.9 Å². The van der Waals surface area contributed by atoms with Gasteiger partial charge in [-0.25, -0.2) is 0 Å². The number of fused-ring (bicyclic) bond motifs is 1. The van der Waals surface area contributed by atoms with Crippen molar-refractivity contribution in [3.8, 4) is 0 Å². The Balaban J connectivity index is 1.82. The van der Waals surface area contributed by atoms with Crippen LogP contribution in [0.25, 0.3) is 6.08 Å². The van der Waals surface area contributed by atoms with Gasteiger partial charge in [0.2, 0.25) is 11.8 Å². The van der Waals surface area contributed by atoms with Gasteiger partial charge >= 0.3 is 0 Å². The van der Waals surface area contributed by atoms with Gasteiger partial charge in [-0.3, -0.25) is 9.59 Å². The van der Waals surface area contributed by atoms with Crippen molar-refractivity contribution in [3.63, 3.8) is 0 Å². The van der Waals surface area contributed by atoms with E-state index in [1.165, 1.54) is 6.92 Å². The topological polar surface area (TPSA) is 49.4 Å². The number of nitrogens with one attached hydrogen (secondary N) is 1. The Kier molecular flexibility index (Phi) is 4.70. The maximum Gasteiger partial charge on any atom is 0.226 e. The lowest BCUT2D eigenvalue weighted by Gasteiger charge is -2.32. The van der Waals surface area contributed by atoms with Crippen LogP contribution in [0.3, 0.4) is 0 Å². The zero-order valence-corrected chi connectivity index (χ0v) is 14.7. The quantitative estimate of drug-likeness (QED) is 0.914. The summed E-state index contributed by atoms with van der Waals surface area (Å²) in [5, 5.41) is 2.97. The molecule has 1 atom stereocenters. The highest BCUT2D eigenvalue weighted by Crippen LogP contribution is 2.33. The van der Waals surface area contributed by atoms with Crippen LogP contribution in [0.15, 0.2) is 48.7 Å². The number of carbonyl (C=O) groups is 2. The van der Waals surface area contributed by atoms with E-state index in [9.17, 15) is 9.59 Å². The molecule has 1 aliphatic heterocycles. The van der Waals surface area contributed by atoms with Gasteiger partial charge in [-0.15, -0.1) is 0 Å². The standard InChI is InChI=1S/C21H22N2O2/c1-14-8-9-19(15(2)12-14)22-21(25)13-20-18-7-5-4-6-17(18)10-11-23(20)16(3)24/h4-12,20H,13H2,1-3H3,(H,22,25). The number of carbonyl (C=O) groups excluding carboxylic acids is 2. The van der Waals surface area contributed by atoms with Crippen LogP contribution in [0.1, 0.15) is 41.6 Å². The molecule has 3 rings (SSSR count). The van der Waals surface area contributed by atoms with Gasteiger partial charge in [0.1, 0.15) is 0 Å². The molecule has 0 bridgehead atoms. The summed E-state index contributed by atoms with van der Waals surface area (Å²) >= 11 is 0. The molecule has 1 N–H and O–H groups in total. The highest BCUT2D eigenvalue weighted by molar-refractivity contribution is 5.92. The van der Waals surface area contributed by atoms with Crippen molar-refractivity contribution < 1.29 is 9.59 Å². The molecule has 4 heteroatoms. The molecule has 0 saturated carbocycles. The molecule has 2 aromatic rings. The fourth-order valence-electron chi connectivity index (χ4n) is 3.24. The maximum absolute atomic E-state index is 12.6. The van der Waals surface area contributed by atoms with E-state index in [-0.39, 0.29) is 24.3 Å². The zero-order valence-electron chi connectivity index (χ0n) is 14.7. The fourth-order valence-corrected chi connectivity index (χ4v) is 3.24. The first-order valence-electron chi connectivity index (χ1n) is 8.39. The first-order chi connectivity index (χ1) is 12.0. The van der Waals surface area contributed by atoms with Crippen molar-refractivity contribution in [1.29, 1.82) is 0 Å². The van der Waals surface area contributed by atoms with Gasteiger partial charge < -0.3 is 10.2 Å². The van der Waals surface area contributed by atoms with Crippen LogP contribution in [0.4, 0.5) is 5.69 Å². The van der Waals surface area contributed by atoms with Crippen molar-refractivity contribution in [2.75, 3.05) is 5.32 Å². The molecule has 0 radical (unpaired) electrons. The normalized spacial score (nSPS) is 15.6. The van der Waals surface area contributed by atoms with Gasteiger partial charge in [0, 0.05) is 18.8 Å². The molecule has 0 saturated heterocycles. The summed E-state index contributed by atoms with van der Waals surface area (Å²) in [5.74, 6) is -0.177. The minimum absolute atomic E-state index is 0.0740. The molecular formula is C21H22N2O2. The summed E-state index contributed by atoms with van der Waals surface area (Å²) in [6.45, 7) is 5.52. The molecule has 2 aromatic carbocycles. The van der Waals surface area contributed by atoms with Crippen LogP contribution < -0.4 is 5.32 Å². The van der Waals surface area contributed by atoms with Gasteiger partial charge in [0.15, 0.2) is 0 Å². The van der Waals surface area contributed by atoms with Gasteiger partial charge in [-0.2, -0.15) is 0 Å². The number of anilines is 1. The van der Waals surface area contributed by atoms with Gasteiger partial charge in [0.05, 0.1) is 12.5 Å². The number of hydrogen-bond acceptors (Lipinski definition) is 2. The lowest BCUT2D eigenvalue weighted by Crippen LogP contribution is -2.33. The first kappa shape index (κ1) is 17.0. The number of hydrogen-bond donors (Lipinski definition) is 1. The van der Waals surface area contributed by atoms with E-state index in [1.54, 1.807) is 11.1 Å². The predicted octanol–water partition coefficient (Wildman–Crippen LogP) is 4.21. The molecule has 0 spiro atoms. The Morgan fingerprint density at radius 2 is 1.88 bits per heavy atom. The molecule has 0 aliphatic carbocycles. The zero-order chi connectivity index (χ0) is 18.0. The van der Waals surface area contributed by atoms with Crippen molar-refractivity contribution in [2.45, 2.75) is 33.2 Å². The molecule has 128 valence electrons. The van der Waals surface area contributed by atoms with E-state index in [0.29, 0.717) is 0 Å². The summed E-state index contributed by atoms with van der Waals surface area (Å²) in [6.07, 6.45) is 3.89. The Morgan fingerprint density at radius 1 is 1.12 bits per heavy atom. The van der Waals surface area contributed by atoms with Gasteiger partial charge in [-0.1, -0.05) is 42.0 Å². The van der Waals surface area contributed by atoms with Crippen LogP contribution in [0, 0.1) is 13.8 Å². The van der Waals surface area contributed by atoms with Crippen LogP contribution in [0.2, 0.25) is 0 Å². The number of amides is 2. The van der Waals surface area contributed by atoms with E-state index in [4.69, 9.17) is 0 Å². The molecular weight excluding hydrogens is 312 g/mol. The third kappa shape index (κ3) is 3.63. The van der Waals surface area contributed by atoms with E-state index in [0.717, 1.165) is 27.9 Å². The molecule has 2 amide bonds. The smallest absolute Gasteiger partial charge is 0.226 e. The van der Waals surface area contributed by atoms with Crippen molar-refractivity contribution in [2.24, 2.45) is 0 Å². The minimum Gasteiger partial charge on any atom is -0.326 e. The third-order valence-corrected chi connectivity index (χ3v) is 4.50. The summed E-state index contributed by atoms with van der Waals surface area (Å²) in [4.78, 5) is 26.2. The Hall–Kier alpha value is -2.88. The van der Waals surface area contributed by atoms with Crippen LogP contribution in [-0.2, 0) is 9.59 Å². The molecule has 25 heavy (non-hydrogen) atoms. The Labute approximate surface area is 148 Å². The van der Waals surface area contributed by atoms with Gasteiger partial charge in [-0.05, 0) is 42.7 Å². The predicted molar refractivity (Wildman–Crippen MR) is 99.9 cm³/mol. The molecule has 1 heterocycles. The number of benzene rings is 2. The minimum atomic E-state index is -0.288. The second-order valence-electron chi connectivity index (χ2n) is 6.46. The third-order valence-electron chi connectivity index (χ3n) is 4.50. The van der Waals surface area contributed by atoms with Crippen LogP contribution in [0.5, 0.6) is 0 Å². The SMILES string of the molecule is CC(=O)N1C=Cc2ccccc2C1CC(=O)Nc1ccc(C)cc1C. The number of aryl methyl sites for hydroxylation is 2. The number of rotatable bonds is 3. The Morgan fingerprint density at radius 3 is 2.60 bits per heavy atom. The molecule has 0 fully saturated rings. The monoisotopic (exact) mass is 334 g/mol. The summed E-state index contributed by atoms with van der Waals surface area (Å²) in [7, 11) is 0. The largest absolute Gasteiger partial charge is 0.326 e. The number of nitrogens with zero attached hydrogens (tertiary/aromatic N) is 1. The van der Waals surface area contributed by atoms with Crippen LogP contribution >= 0.6 is 0 Å². The fraction of sp³-hybridized carbons (Fsp3) is 0.238. The Bertz CT molecular complexity index is 855. The van der Waals surface area contributed by atoms with Crippen LogP contribution in [-0.4, -0.2) is 16.7 Å². The second-order valence-corrected chi connectivity index (χ2v) is 6.46. The van der Waals surface area contributed by atoms with E-state index in [2.05, 4.69) is 5.32 Å². The highest BCUT2D eigenvalue weighted by atomic mass is 16.2. The van der Waals surface area contributed by atoms with E-state index >= 15 is 0 Å². The summed E-state index contributed by atoms with van der Waals surface area (Å²) < 4.78 is 0.